The number of benzene rings is 1. The Morgan fingerprint density at radius 3 is 2.25 bits per heavy atom. The molecule has 0 fully saturated rings. The molecular weight excluding hydrogens is 512 g/mol. The quantitative estimate of drug-likeness (QED) is 0.389. The summed E-state index contributed by atoms with van der Waals surface area (Å²) in [5.74, 6) is -9.39. The molecule has 2 heterocycles. The third-order valence-electron chi connectivity index (χ3n) is 4.30. The summed E-state index contributed by atoms with van der Waals surface area (Å²) >= 11 is 0. The lowest BCUT2D eigenvalue weighted by atomic mass is 10.0. The van der Waals surface area contributed by atoms with Gasteiger partial charge in [-0.2, -0.15) is 18.2 Å². The highest BCUT2D eigenvalue weighted by Crippen LogP contribution is 2.35. The number of hydrogen-bond donors (Lipinski definition) is 1. The van der Waals surface area contributed by atoms with Crippen LogP contribution in [0.4, 0.5) is 35.1 Å². The Balaban J connectivity index is 2.20. The van der Waals surface area contributed by atoms with E-state index in [1.165, 1.54) is 6.92 Å². The van der Waals surface area contributed by atoms with Gasteiger partial charge in [0.1, 0.15) is 17.6 Å². The standard InChI is InChI=1S/C20H12F8N4O4/c1-9-8-30-16(31-9)17(33)32(36-18(34)19(23,24)25)15(14-11(21)3-2-6-29-14)10-4-5-13(12(22)7-10)35-20(26,27)28/h2-8,15H,1H3,(H,30,31)/t15-/m0/s1. The maximum atomic E-state index is 14.7. The topological polar surface area (TPSA) is 97.4 Å². The number of rotatable bonds is 5. The van der Waals surface area contributed by atoms with E-state index in [4.69, 9.17) is 0 Å². The molecule has 1 N–H and O–H groups in total. The SMILES string of the molecule is Cc1cnc(C(=O)N(OC(=O)C(F)(F)F)[C@@H](c2ccc(OC(F)(F)F)c(F)c2)c2ncccc2F)[nH]1. The van der Waals surface area contributed by atoms with Crippen molar-refractivity contribution in [3.63, 3.8) is 0 Å². The number of aromatic amines is 1. The smallest absolute Gasteiger partial charge is 0.403 e. The number of carbonyl (C=O) groups is 2. The van der Waals surface area contributed by atoms with E-state index in [-0.39, 0.29) is 10.8 Å². The molecule has 0 bridgehead atoms. The Morgan fingerprint density at radius 2 is 1.72 bits per heavy atom. The molecule has 0 saturated heterocycles. The molecular formula is C20H12F8N4O4. The second-order valence-electron chi connectivity index (χ2n) is 6.93. The molecule has 36 heavy (non-hydrogen) atoms. The maximum absolute atomic E-state index is 14.7. The fraction of sp³-hybridized carbons (Fsp3) is 0.200. The maximum Gasteiger partial charge on any atom is 0.573 e. The fourth-order valence-corrected chi connectivity index (χ4v) is 2.88. The van der Waals surface area contributed by atoms with Crippen molar-refractivity contribution < 1.29 is 54.3 Å². The minimum atomic E-state index is -5.64. The average Bonchev–Trinajstić information content (AvgIpc) is 3.20. The fourth-order valence-electron chi connectivity index (χ4n) is 2.88. The number of hydrogen-bond acceptors (Lipinski definition) is 6. The molecule has 0 aliphatic carbocycles. The van der Waals surface area contributed by atoms with Gasteiger partial charge >= 0.3 is 24.4 Å². The van der Waals surface area contributed by atoms with Crippen LogP contribution in [0.15, 0.2) is 42.7 Å². The van der Waals surface area contributed by atoms with Crippen molar-refractivity contribution in [2.24, 2.45) is 0 Å². The number of aryl methyl sites for hydroxylation is 1. The number of amides is 1. The molecule has 1 atom stereocenters. The van der Waals surface area contributed by atoms with Crippen molar-refractivity contribution in [3.05, 3.63) is 77.1 Å². The van der Waals surface area contributed by atoms with E-state index in [0.29, 0.717) is 18.2 Å². The Labute approximate surface area is 195 Å². The molecule has 0 aliphatic heterocycles. The first-order chi connectivity index (χ1) is 16.7. The Bertz CT molecular complexity index is 1280. The van der Waals surface area contributed by atoms with Gasteiger partial charge in [0, 0.05) is 18.1 Å². The van der Waals surface area contributed by atoms with Crippen LogP contribution in [0.2, 0.25) is 0 Å². The van der Waals surface area contributed by atoms with Crippen LogP contribution >= 0.6 is 0 Å². The number of nitrogens with one attached hydrogen (secondary N) is 1. The number of H-pyrrole nitrogens is 1. The van der Waals surface area contributed by atoms with E-state index in [2.05, 4.69) is 24.5 Å². The minimum Gasteiger partial charge on any atom is -0.403 e. The van der Waals surface area contributed by atoms with E-state index >= 15 is 0 Å². The van der Waals surface area contributed by atoms with Crippen LogP contribution in [0.1, 0.15) is 33.6 Å². The van der Waals surface area contributed by atoms with Crippen LogP contribution in [-0.2, 0) is 9.63 Å². The van der Waals surface area contributed by atoms with Gasteiger partial charge in [-0.05, 0) is 36.8 Å². The van der Waals surface area contributed by atoms with Crippen LogP contribution in [0.5, 0.6) is 5.75 Å². The summed E-state index contributed by atoms with van der Waals surface area (Å²) in [4.78, 5) is 38.5. The van der Waals surface area contributed by atoms with E-state index in [9.17, 15) is 44.7 Å². The lowest BCUT2D eigenvalue weighted by molar-refractivity contribution is -0.275. The zero-order chi connectivity index (χ0) is 26.8. The number of nitrogens with zero attached hydrogens (tertiary/aromatic N) is 3. The first kappa shape index (κ1) is 26.4. The molecule has 3 aromatic rings. The third-order valence-corrected chi connectivity index (χ3v) is 4.30. The molecule has 0 aliphatic rings. The second-order valence-corrected chi connectivity index (χ2v) is 6.93. The van der Waals surface area contributed by atoms with Crippen molar-refractivity contribution >= 4 is 11.9 Å². The van der Waals surface area contributed by atoms with Crippen LogP contribution in [0, 0.1) is 18.6 Å². The van der Waals surface area contributed by atoms with E-state index in [1.807, 2.05) is 0 Å². The number of ether oxygens (including phenoxy) is 1. The van der Waals surface area contributed by atoms with E-state index in [1.54, 1.807) is 0 Å². The van der Waals surface area contributed by atoms with Crippen molar-refractivity contribution in [2.75, 3.05) is 0 Å². The predicted molar refractivity (Wildman–Crippen MR) is 101 cm³/mol. The van der Waals surface area contributed by atoms with Crippen molar-refractivity contribution in [2.45, 2.75) is 25.5 Å². The van der Waals surface area contributed by atoms with Crippen molar-refractivity contribution in [3.8, 4) is 5.75 Å². The van der Waals surface area contributed by atoms with Gasteiger partial charge in [0.15, 0.2) is 17.4 Å². The van der Waals surface area contributed by atoms with E-state index < -0.39 is 64.9 Å². The van der Waals surface area contributed by atoms with Gasteiger partial charge in [-0.3, -0.25) is 9.78 Å². The molecule has 192 valence electrons. The highest BCUT2D eigenvalue weighted by Gasteiger charge is 2.46. The Hall–Kier alpha value is -4.24. The third kappa shape index (κ3) is 6.05. The first-order valence-electron chi connectivity index (χ1n) is 9.47. The molecule has 0 radical (unpaired) electrons. The Kier molecular flexibility index (Phi) is 7.17. The molecule has 8 nitrogen and oxygen atoms in total. The van der Waals surface area contributed by atoms with Crippen LogP contribution in [-0.4, -0.2) is 44.4 Å². The van der Waals surface area contributed by atoms with Crippen molar-refractivity contribution in [1.82, 2.24) is 20.0 Å². The summed E-state index contributed by atoms with van der Waals surface area (Å²) in [6.45, 7) is 1.42. The lowest BCUT2D eigenvalue weighted by Crippen LogP contribution is -2.42. The summed E-state index contributed by atoms with van der Waals surface area (Å²) in [5.41, 5.74) is -1.22. The zero-order valence-electron chi connectivity index (χ0n) is 17.6. The first-order valence-corrected chi connectivity index (χ1v) is 9.47. The normalized spacial score (nSPS) is 12.7. The number of carbonyl (C=O) groups excluding carboxylic acids is 2. The number of pyridine rings is 1. The summed E-state index contributed by atoms with van der Waals surface area (Å²) in [6, 6.07) is 1.05. The summed E-state index contributed by atoms with van der Waals surface area (Å²) < 4.78 is 109. The largest absolute Gasteiger partial charge is 0.573 e. The van der Waals surface area contributed by atoms with Crippen LogP contribution in [0.25, 0.3) is 0 Å². The second kappa shape index (κ2) is 9.79. The molecule has 1 amide bonds. The summed E-state index contributed by atoms with van der Waals surface area (Å²) in [5, 5.41) is -0.265. The minimum absolute atomic E-state index is 0.251. The number of halogens is 8. The molecule has 0 spiro atoms. The molecule has 2 aromatic heterocycles. The number of hydroxylamine groups is 2. The van der Waals surface area contributed by atoms with Crippen LogP contribution in [0.3, 0.4) is 0 Å². The molecule has 3 rings (SSSR count). The molecule has 0 saturated carbocycles. The van der Waals surface area contributed by atoms with Gasteiger partial charge in [0.2, 0.25) is 0 Å². The highest BCUT2D eigenvalue weighted by atomic mass is 19.4. The van der Waals surface area contributed by atoms with E-state index in [0.717, 1.165) is 24.5 Å². The van der Waals surface area contributed by atoms with Crippen LogP contribution < -0.4 is 4.74 Å². The molecule has 16 heteroatoms. The molecule has 1 aromatic carbocycles. The van der Waals surface area contributed by atoms with Crippen molar-refractivity contribution in [1.29, 1.82) is 0 Å². The van der Waals surface area contributed by atoms with Gasteiger partial charge in [-0.25, -0.2) is 18.6 Å². The summed E-state index contributed by atoms with van der Waals surface area (Å²) in [7, 11) is 0. The average molecular weight is 524 g/mol. The van der Waals surface area contributed by atoms with Gasteiger partial charge in [0.05, 0.1) is 0 Å². The van der Waals surface area contributed by atoms with Gasteiger partial charge in [0.25, 0.3) is 0 Å². The number of alkyl halides is 6. The predicted octanol–water partition coefficient (Wildman–Crippen LogP) is 4.54. The van der Waals surface area contributed by atoms with Gasteiger partial charge in [-0.15, -0.1) is 13.2 Å². The number of imidazole rings is 1. The highest BCUT2D eigenvalue weighted by molar-refractivity contribution is 5.91. The van der Waals surface area contributed by atoms with Gasteiger partial charge < -0.3 is 14.6 Å². The monoisotopic (exact) mass is 524 g/mol. The molecule has 0 unspecified atom stereocenters. The Morgan fingerprint density at radius 1 is 1.03 bits per heavy atom. The zero-order valence-corrected chi connectivity index (χ0v) is 17.6. The summed E-state index contributed by atoms with van der Waals surface area (Å²) in [6.07, 6.45) is -8.89. The number of aromatic nitrogens is 3. The lowest BCUT2D eigenvalue weighted by Gasteiger charge is -2.29. The van der Waals surface area contributed by atoms with Gasteiger partial charge in [-0.1, -0.05) is 6.07 Å².